The first-order valence-corrected chi connectivity index (χ1v) is 6.77. The number of carbonyl (C=O) groups excluding carboxylic acids is 1. The van der Waals surface area contributed by atoms with Crippen LogP contribution in [-0.2, 0) is 0 Å². The molecule has 0 radical (unpaired) electrons. The van der Waals surface area contributed by atoms with Gasteiger partial charge in [-0.1, -0.05) is 0 Å². The van der Waals surface area contributed by atoms with Crippen LogP contribution >= 0.6 is 12.4 Å². The number of carbonyl (C=O) groups is 1. The second-order valence-corrected chi connectivity index (χ2v) is 4.87. The maximum atomic E-state index is 12.3. The Balaban J connectivity index is 0.00000161. The molecule has 1 unspecified atom stereocenters. The molecule has 7 heteroatoms. The van der Waals surface area contributed by atoms with E-state index in [1.54, 1.807) is 19.2 Å². The van der Waals surface area contributed by atoms with Crippen LogP contribution in [-0.4, -0.2) is 45.4 Å². The predicted octanol–water partition coefficient (Wildman–Crippen LogP) is 0.980. The topological polar surface area (TPSA) is 68.8 Å². The van der Waals surface area contributed by atoms with Crippen LogP contribution in [0.25, 0.3) is 0 Å². The van der Waals surface area contributed by atoms with Gasteiger partial charge in [-0.05, 0) is 25.1 Å². The number of amides is 1. The van der Waals surface area contributed by atoms with Crippen molar-refractivity contribution >= 4 is 18.3 Å². The number of hydrogen-bond acceptors (Lipinski definition) is 5. The summed E-state index contributed by atoms with van der Waals surface area (Å²) in [7, 11) is 1.55. The highest BCUT2D eigenvalue weighted by molar-refractivity contribution is 5.95. The summed E-state index contributed by atoms with van der Waals surface area (Å²) >= 11 is 0. The lowest BCUT2D eigenvalue weighted by Gasteiger charge is -2.21. The Morgan fingerprint density at radius 3 is 2.90 bits per heavy atom. The molecular weight excluding hydrogens is 296 g/mol. The van der Waals surface area contributed by atoms with Crippen LogP contribution in [0.2, 0.25) is 0 Å². The van der Waals surface area contributed by atoms with Crippen LogP contribution in [0, 0.1) is 0 Å². The molecule has 1 atom stereocenters. The summed E-state index contributed by atoms with van der Waals surface area (Å²) in [5, 5.41) is 6.22. The van der Waals surface area contributed by atoms with Crippen LogP contribution in [0.4, 0.5) is 0 Å². The minimum Gasteiger partial charge on any atom is -0.493 e. The van der Waals surface area contributed by atoms with Gasteiger partial charge in [0.15, 0.2) is 11.5 Å². The zero-order valence-corrected chi connectivity index (χ0v) is 12.6. The Morgan fingerprint density at radius 2 is 2.19 bits per heavy atom. The first-order chi connectivity index (χ1) is 9.78. The summed E-state index contributed by atoms with van der Waals surface area (Å²) in [5.74, 6) is 1.54. The Bertz CT molecular complexity index is 501. The van der Waals surface area contributed by atoms with Gasteiger partial charge in [-0.25, -0.2) is 0 Å². The highest BCUT2D eigenvalue weighted by Gasteiger charge is 2.23. The normalized spacial score (nSPS) is 19.6. The first-order valence-electron chi connectivity index (χ1n) is 6.77. The molecule has 2 aliphatic rings. The largest absolute Gasteiger partial charge is 0.493 e. The van der Waals surface area contributed by atoms with Crippen LogP contribution in [0.1, 0.15) is 16.8 Å². The van der Waals surface area contributed by atoms with E-state index in [1.807, 2.05) is 0 Å². The molecule has 2 heterocycles. The highest BCUT2D eigenvalue weighted by Crippen LogP contribution is 2.40. The maximum absolute atomic E-state index is 12.3. The summed E-state index contributed by atoms with van der Waals surface area (Å²) in [6.45, 7) is 2.72. The molecule has 0 spiro atoms. The fourth-order valence-corrected chi connectivity index (χ4v) is 2.45. The van der Waals surface area contributed by atoms with Gasteiger partial charge in [0.05, 0.1) is 7.11 Å². The molecule has 21 heavy (non-hydrogen) atoms. The van der Waals surface area contributed by atoms with Crippen molar-refractivity contribution in [2.75, 3.05) is 33.4 Å². The molecule has 6 nitrogen and oxygen atoms in total. The van der Waals surface area contributed by atoms with Gasteiger partial charge in [0.25, 0.3) is 5.91 Å². The van der Waals surface area contributed by atoms with Crippen LogP contribution in [0.3, 0.4) is 0 Å². The van der Waals surface area contributed by atoms with Crippen molar-refractivity contribution in [2.45, 2.75) is 12.5 Å². The highest BCUT2D eigenvalue weighted by atomic mass is 35.5. The predicted molar refractivity (Wildman–Crippen MR) is 80.0 cm³/mol. The number of benzene rings is 1. The molecule has 1 fully saturated rings. The van der Waals surface area contributed by atoms with Gasteiger partial charge >= 0.3 is 0 Å². The number of hydrogen-bond donors (Lipinski definition) is 2. The molecule has 1 saturated heterocycles. The summed E-state index contributed by atoms with van der Waals surface area (Å²) in [5.41, 5.74) is 0.526. The van der Waals surface area contributed by atoms with Gasteiger partial charge in [0.1, 0.15) is 13.2 Å². The zero-order chi connectivity index (χ0) is 13.9. The van der Waals surface area contributed by atoms with E-state index in [0.717, 1.165) is 19.5 Å². The molecule has 0 saturated carbocycles. The Labute approximate surface area is 129 Å². The quantitative estimate of drug-likeness (QED) is 0.870. The lowest BCUT2D eigenvalue weighted by molar-refractivity contribution is 0.0938. The fraction of sp³-hybridized carbons (Fsp3) is 0.500. The molecule has 3 rings (SSSR count). The molecule has 2 aliphatic heterocycles. The van der Waals surface area contributed by atoms with E-state index in [9.17, 15) is 4.79 Å². The van der Waals surface area contributed by atoms with E-state index in [4.69, 9.17) is 14.2 Å². The monoisotopic (exact) mass is 314 g/mol. The van der Waals surface area contributed by atoms with Crippen LogP contribution < -0.4 is 24.8 Å². The Morgan fingerprint density at radius 1 is 1.38 bits per heavy atom. The number of fused-ring (bicyclic) bond motifs is 1. The van der Waals surface area contributed by atoms with E-state index in [-0.39, 0.29) is 24.4 Å². The number of nitrogens with one attached hydrogen (secondary N) is 2. The second kappa shape index (κ2) is 6.87. The molecule has 0 bridgehead atoms. The average Bonchev–Trinajstić information content (AvgIpc) is 2.99. The van der Waals surface area contributed by atoms with Crippen molar-refractivity contribution in [1.82, 2.24) is 10.6 Å². The molecular formula is C14H19ClN2O4. The van der Waals surface area contributed by atoms with Crippen molar-refractivity contribution in [1.29, 1.82) is 0 Å². The summed E-state index contributed by atoms with van der Waals surface area (Å²) in [6.07, 6.45) is 0.952. The van der Waals surface area contributed by atoms with Crippen molar-refractivity contribution in [3.05, 3.63) is 17.7 Å². The van der Waals surface area contributed by atoms with Gasteiger partial charge < -0.3 is 24.8 Å². The van der Waals surface area contributed by atoms with Gasteiger partial charge in [-0.3, -0.25) is 4.79 Å². The lowest BCUT2D eigenvalue weighted by Crippen LogP contribution is -2.36. The SMILES string of the molecule is COc1cc(C(=O)NC2CCNC2)cc2c1OCCO2.Cl. The molecule has 0 aromatic heterocycles. The van der Waals surface area contributed by atoms with Crippen LogP contribution in [0.15, 0.2) is 12.1 Å². The molecule has 0 aliphatic carbocycles. The van der Waals surface area contributed by atoms with Gasteiger partial charge in [0.2, 0.25) is 5.75 Å². The number of ether oxygens (including phenoxy) is 3. The van der Waals surface area contributed by atoms with E-state index >= 15 is 0 Å². The third-order valence-corrected chi connectivity index (χ3v) is 3.49. The standard InChI is InChI=1S/C14H18N2O4.ClH/c1-18-11-6-9(7-12-13(11)20-5-4-19-12)14(17)16-10-2-3-15-8-10;/h6-7,10,15H,2-5,8H2,1H3,(H,16,17);1H. The Hall–Kier alpha value is -1.66. The molecule has 1 amide bonds. The number of methoxy groups -OCH3 is 1. The van der Waals surface area contributed by atoms with E-state index in [2.05, 4.69) is 10.6 Å². The summed E-state index contributed by atoms with van der Waals surface area (Å²) in [4.78, 5) is 12.3. The Kier molecular flexibility index (Phi) is 5.14. The lowest BCUT2D eigenvalue weighted by atomic mass is 10.1. The van der Waals surface area contributed by atoms with Crippen molar-refractivity contribution in [2.24, 2.45) is 0 Å². The van der Waals surface area contributed by atoms with Crippen molar-refractivity contribution in [3.63, 3.8) is 0 Å². The molecule has 116 valence electrons. The summed E-state index contributed by atoms with van der Waals surface area (Å²) < 4.78 is 16.3. The van der Waals surface area contributed by atoms with Gasteiger partial charge in [-0.15, -0.1) is 12.4 Å². The molecule has 1 aromatic carbocycles. The van der Waals surface area contributed by atoms with E-state index < -0.39 is 0 Å². The average molecular weight is 315 g/mol. The number of rotatable bonds is 3. The molecule has 1 aromatic rings. The number of halogens is 1. The fourth-order valence-electron chi connectivity index (χ4n) is 2.45. The zero-order valence-electron chi connectivity index (χ0n) is 11.8. The van der Waals surface area contributed by atoms with Crippen LogP contribution in [0.5, 0.6) is 17.2 Å². The van der Waals surface area contributed by atoms with Gasteiger partial charge in [-0.2, -0.15) is 0 Å². The molecule has 2 N–H and O–H groups in total. The first kappa shape index (κ1) is 15.7. The smallest absolute Gasteiger partial charge is 0.251 e. The van der Waals surface area contributed by atoms with E-state index in [0.29, 0.717) is 36.0 Å². The van der Waals surface area contributed by atoms with E-state index in [1.165, 1.54) is 0 Å². The minimum absolute atomic E-state index is 0. The third kappa shape index (κ3) is 3.33. The summed E-state index contributed by atoms with van der Waals surface area (Å²) in [6, 6.07) is 3.57. The van der Waals surface area contributed by atoms with Crippen molar-refractivity contribution in [3.8, 4) is 17.2 Å². The maximum Gasteiger partial charge on any atom is 0.251 e. The minimum atomic E-state index is -0.117. The van der Waals surface area contributed by atoms with Crippen molar-refractivity contribution < 1.29 is 19.0 Å². The second-order valence-electron chi connectivity index (χ2n) is 4.87. The third-order valence-electron chi connectivity index (χ3n) is 3.49. The van der Waals surface area contributed by atoms with Gasteiger partial charge in [0, 0.05) is 18.2 Å².